The van der Waals surface area contributed by atoms with Crippen molar-refractivity contribution in [3.8, 4) is 0 Å². The zero-order valence-corrected chi connectivity index (χ0v) is 10.9. The molecule has 2 heterocycles. The van der Waals surface area contributed by atoms with Crippen LogP contribution in [0.1, 0.15) is 10.7 Å². The molecule has 0 amide bonds. The Labute approximate surface area is 105 Å². The Balaban J connectivity index is 2.01. The number of likely N-dealkylation sites (N-methyl/N-ethyl adjacent to an activating group) is 1. The third kappa shape index (κ3) is 3.17. The number of anilines is 2. The molecule has 0 fully saturated rings. The molecule has 2 aromatic heterocycles. The molecule has 0 radical (unpaired) electrons. The summed E-state index contributed by atoms with van der Waals surface area (Å²) in [5.41, 5.74) is 5.71. The van der Waals surface area contributed by atoms with E-state index in [0.717, 1.165) is 18.8 Å². The second-order valence-electron chi connectivity index (χ2n) is 3.95. The molecular formula is C12H16N4S. The number of nitrogens with two attached hydrogens (primary N) is 1. The van der Waals surface area contributed by atoms with Crippen molar-refractivity contribution in [2.45, 2.75) is 13.3 Å². The number of aromatic nitrogens is 2. The fourth-order valence-electron chi connectivity index (χ4n) is 1.62. The lowest BCUT2D eigenvalue weighted by Crippen LogP contribution is -2.21. The summed E-state index contributed by atoms with van der Waals surface area (Å²) in [6, 6.07) is 6.03. The zero-order chi connectivity index (χ0) is 12.3. The van der Waals surface area contributed by atoms with E-state index in [1.54, 1.807) is 17.4 Å². The molecular weight excluding hydrogens is 232 g/mol. The molecule has 0 aliphatic heterocycles. The van der Waals surface area contributed by atoms with Crippen molar-refractivity contribution in [1.82, 2.24) is 9.97 Å². The highest BCUT2D eigenvalue weighted by Gasteiger charge is 2.05. The number of nitrogen functional groups attached to an aromatic ring is 1. The highest BCUT2D eigenvalue weighted by molar-refractivity contribution is 7.09. The van der Waals surface area contributed by atoms with Crippen molar-refractivity contribution in [2.75, 3.05) is 24.2 Å². The molecule has 0 aliphatic rings. The first-order chi connectivity index (χ1) is 8.15. The normalized spacial score (nSPS) is 10.5. The second kappa shape index (κ2) is 5.14. The molecule has 4 nitrogen and oxygen atoms in total. The van der Waals surface area contributed by atoms with Crippen molar-refractivity contribution in [2.24, 2.45) is 0 Å². The van der Waals surface area contributed by atoms with Crippen LogP contribution in [0.15, 0.2) is 23.6 Å². The standard InChI is InChI=1S/C12H16N4S/c1-9-14-11(13)8-12(15-9)16(2)6-5-10-4-3-7-17-10/h3-4,7-8H,5-6H2,1-2H3,(H2,13,14,15). The topological polar surface area (TPSA) is 55.0 Å². The Hall–Kier alpha value is -1.62. The van der Waals surface area contributed by atoms with Crippen LogP contribution < -0.4 is 10.6 Å². The minimum absolute atomic E-state index is 0.524. The highest BCUT2D eigenvalue weighted by Crippen LogP contribution is 2.14. The van der Waals surface area contributed by atoms with E-state index in [4.69, 9.17) is 5.73 Å². The van der Waals surface area contributed by atoms with Crippen LogP contribution >= 0.6 is 11.3 Å². The average Bonchev–Trinajstić information content (AvgIpc) is 2.77. The summed E-state index contributed by atoms with van der Waals surface area (Å²) >= 11 is 1.78. The summed E-state index contributed by atoms with van der Waals surface area (Å²) in [5.74, 6) is 2.12. The number of hydrogen-bond acceptors (Lipinski definition) is 5. The summed E-state index contributed by atoms with van der Waals surface area (Å²) in [6.07, 6.45) is 1.02. The number of hydrogen-bond donors (Lipinski definition) is 1. The summed E-state index contributed by atoms with van der Waals surface area (Å²) in [4.78, 5) is 11.9. The van der Waals surface area contributed by atoms with Gasteiger partial charge < -0.3 is 10.6 Å². The maximum Gasteiger partial charge on any atom is 0.134 e. The molecule has 0 saturated carbocycles. The SMILES string of the molecule is Cc1nc(N)cc(N(C)CCc2cccs2)n1. The molecule has 0 aromatic carbocycles. The number of thiophene rings is 1. The van der Waals surface area contributed by atoms with Crippen LogP contribution in [-0.2, 0) is 6.42 Å². The second-order valence-corrected chi connectivity index (χ2v) is 4.98. The molecule has 0 unspecified atom stereocenters. The molecule has 0 saturated heterocycles. The van der Waals surface area contributed by atoms with Gasteiger partial charge in [-0.2, -0.15) is 0 Å². The van der Waals surface area contributed by atoms with Gasteiger partial charge in [-0.25, -0.2) is 9.97 Å². The number of nitrogens with zero attached hydrogens (tertiary/aromatic N) is 3. The lowest BCUT2D eigenvalue weighted by atomic mass is 10.3. The monoisotopic (exact) mass is 248 g/mol. The van der Waals surface area contributed by atoms with Crippen molar-refractivity contribution in [1.29, 1.82) is 0 Å². The third-order valence-corrected chi connectivity index (χ3v) is 3.45. The van der Waals surface area contributed by atoms with Gasteiger partial charge in [0.1, 0.15) is 17.5 Å². The summed E-state index contributed by atoms with van der Waals surface area (Å²) in [5, 5.41) is 2.10. The molecule has 5 heteroatoms. The van der Waals surface area contributed by atoms with Crippen LogP contribution in [0.2, 0.25) is 0 Å². The van der Waals surface area contributed by atoms with E-state index in [2.05, 4.69) is 32.4 Å². The van der Waals surface area contributed by atoms with Crippen molar-refractivity contribution < 1.29 is 0 Å². The predicted octanol–water partition coefficient (Wildman–Crippen LogP) is 2.11. The molecule has 0 spiro atoms. The van der Waals surface area contributed by atoms with Crippen molar-refractivity contribution in [3.63, 3.8) is 0 Å². The fraction of sp³-hybridized carbons (Fsp3) is 0.333. The van der Waals surface area contributed by atoms with Crippen molar-refractivity contribution >= 4 is 23.0 Å². The first-order valence-corrected chi connectivity index (χ1v) is 6.38. The van der Waals surface area contributed by atoms with Gasteiger partial charge in [-0.15, -0.1) is 11.3 Å². The summed E-state index contributed by atoms with van der Waals surface area (Å²) < 4.78 is 0. The highest BCUT2D eigenvalue weighted by atomic mass is 32.1. The minimum atomic E-state index is 0.524. The van der Waals surface area contributed by atoms with Crippen LogP contribution in [0.4, 0.5) is 11.6 Å². The molecule has 0 atom stereocenters. The van der Waals surface area contributed by atoms with E-state index < -0.39 is 0 Å². The van der Waals surface area contributed by atoms with Crippen LogP contribution in [0.3, 0.4) is 0 Å². The van der Waals surface area contributed by atoms with E-state index in [-0.39, 0.29) is 0 Å². The Morgan fingerprint density at radius 2 is 2.24 bits per heavy atom. The maximum absolute atomic E-state index is 5.71. The molecule has 17 heavy (non-hydrogen) atoms. The van der Waals surface area contributed by atoms with Crippen LogP contribution in [-0.4, -0.2) is 23.6 Å². The smallest absolute Gasteiger partial charge is 0.134 e. The van der Waals surface area contributed by atoms with E-state index in [1.165, 1.54) is 4.88 Å². The van der Waals surface area contributed by atoms with Gasteiger partial charge in [-0.1, -0.05) is 6.07 Å². The van der Waals surface area contributed by atoms with Crippen LogP contribution in [0.5, 0.6) is 0 Å². The first kappa shape index (κ1) is 11.9. The lowest BCUT2D eigenvalue weighted by Gasteiger charge is -2.18. The maximum atomic E-state index is 5.71. The molecule has 2 rings (SSSR count). The van der Waals surface area contributed by atoms with Gasteiger partial charge in [0, 0.05) is 24.5 Å². The van der Waals surface area contributed by atoms with Crippen molar-refractivity contribution in [3.05, 3.63) is 34.3 Å². The van der Waals surface area contributed by atoms with Gasteiger partial charge in [0.05, 0.1) is 0 Å². The largest absolute Gasteiger partial charge is 0.384 e. The van der Waals surface area contributed by atoms with E-state index in [9.17, 15) is 0 Å². The summed E-state index contributed by atoms with van der Waals surface area (Å²) in [7, 11) is 2.02. The molecule has 2 aromatic rings. The van der Waals surface area contributed by atoms with E-state index in [1.807, 2.05) is 14.0 Å². The quantitative estimate of drug-likeness (QED) is 0.900. The fourth-order valence-corrected chi connectivity index (χ4v) is 2.32. The van der Waals surface area contributed by atoms with Gasteiger partial charge in [0.2, 0.25) is 0 Å². The Bertz CT molecular complexity index is 461. The Kier molecular flexibility index (Phi) is 3.58. The minimum Gasteiger partial charge on any atom is -0.384 e. The van der Waals surface area contributed by atoms with E-state index >= 15 is 0 Å². The number of rotatable bonds is 4. The Morgan fingerprint density at radius 3 is 2.88 bits per heavy atom. The van der Waals surface area contributed by atoms with Gasteiger partial charge >= 0.3 is 0 Å². The average molecular weight is 248 g/mol. The molecule has 90 valence electrons. The number of aryl methyl sites for hydroxylation is 1. The van der Waals surface area contributed by atoms with Crippen LogP contribution in [0.25, 0.3) is 0 Å². The van der Waals surface area contributed by atoms with Gasteiger partial charge in [-0.05, 0) is 24.8 Å². The lowest BCUT2D eigenvalue weighted by molar-refractivity contribution is 0.858. The predicted molar refractivity (Wildman–Crippen MR) is 72.5 cm³/mol. The van der Waals surface area contributed by atoms with Gasteiger partial charge in [0.15, 0.2) is 0 Å². The van der Waals surface area contributed by atoms with Gasteiger partial charge in [-0.3, -0.25) is 0 Å². The zero-order valence-electron chi connectivity index (χ0n) is 10.1. The molecule has 2 N–H and O–H groups in total. The van der Waals surface area contributed by atoms with Crippen LogP contribution in [0, 0.1) is 6.92 Å². The summed E-state index contributed by atoms with van der Waals surface area (Å²) in [6.45, 7) is 2.78. The van der Waals surface area contributed by atoms with Gasteiger partial charge in [0.25, 0.3) is 0 Å². The molecule has 0 aliphatic carbocycles. The third-order valence-electron chi connectivity index (χ3n) is 2.51. The Morgan fingerprint density at radius 1 is 1.41 bits per heavy atom. The first-order valence-electron chi connectivity index (χ1n) is 5.50. The molecule has 0 bridgehead atoms. The van der Waals surface area contributed by atoms with E-state index in [0.29, 0.717) is 11.6 Å².